The van der Waals surface area contributed by atoms with Crippen LogP contribution in [-0.2, 0) is 14.3 Å². The van der Waals surface area contributed by atoms with Crippen molar-refractivity contribution >= 4 is 5.97 Å². The number of carboxylic acids is 1. The number of hydrogen-bond acceptors (Lipinski definition) is 8. The Morgan fingerprint density at radius 1 is 0.914 bits per heavy atom. The van der Waals surface area contributed by atoms with Crippen LogP contribution in [0.15, 0.2) is 0 Å². The summed E-state index contributed by atoms with van der Waals surface area (Å²) in [5.74, 6) is 0.103. The first-order valence-electron chi connectivity index (χ1n) is 13.3. The lowest BCUT2D eigenvalue weighted by atomic mass is 9.40. The molecule has 0 aromatic rings. The summed E-state index contributed by atoms with van der Waals surface area (Å²) in [6, 6.07) is 0. The van der Waals surface area contributed by atoms with Gasteiger partial charge in [0.25, 0.3) is 0 Å². The average molecular weight is 499 g/mol. The van der Waals surface area contributed by atoms with Crippen LogP contribution in [0.5, 0.6) is 0 Å². The molecule has 4 saturated carbocycles. The van der Waals surface area contributed by atoms with Crippen molar-refractivity contribution < 1.29 is 44.9 Å². The van der Waals surface area contributed by atoms with E-state index in [9.17, 15) is 35.4 Å². The van der Waals surface area contributed by atoms with Gasteiger partial charge in [-0.05, 0) is 87.4 Å². The van der Waals surface area contributed by atoms with Crippen LogP contribution in [0.25, 0.3) is 0 Å². The van der Waals surface area contributed by atoms with Crippen molar-refractivity contribution in [2.75, 3.05) is 13.2 Å². The lowest BCUT2D eigenvalue weighted by Gasteiger charge is -2.65. The predicted octanol–water partition coefficient (Wildman–Crippen LogP) is 0.887. The second-order valence-electron chi connectivity index (χ2n) is 12.6. The van der Waals surface area contributed by atoms with Crippen molar-refractivity contribution in [1.82, 2.24) is 0 Å². The molecule has 1 aliphatic heterocycles. The van der Waals surface area contributed by atoms with Crippen molar-refractivity contribution in [3.05, 3.63) is 0 Å². The van der Waals surface area contributed by atoms with E-state index >= 15 is 0 Å². The summed E-state index contributed by atoms with van der Waals surface area (Å²) in [6.07, 6.45) is -0.527. The Balaban J connectivity index is 1.50. The third kappa shape index (κ3) is 3.64. The van der Waals surface area contributed by atoms with Crippen molar-refractivity contribution in [3.63, 3.8) is 0 Å². The number of hydrogen-bond donors (Lipinski definition) is 6. The number of aliphatic hydroxyl groups excluding tert-OH is 5. The zero-order valence-electron chi connectivity index (χ0n) is 20.8. The van der Waals surface area contributed by atoms with Gasteiger partial charge in [-0.1, -0.05) is 6.92 Å². The second-order valence-corrected chi connectivity index (χ2v) is 12.6. The number of fused-ring (bicyclic) bond motifs is 3. The van der Waals surface area contributed by atoms with E-state index in [1.807, 2.05) is 6.92 Å². The molecule has 5 rings (SSSR count). The van der Waals surface area contributed by atoms with Gasteiger partial charge in [0, 0.05) is 12.0 Å². The van der Waals surface area contributed by atoms with Crippen molar-refractivity contribution in [2.24, 2.45) is 39.9 Å². The summed E-state index contributed by atoms with van der Waals surface area (Å²) in [4.78, 5) is 12.6. The van der Waals surface area contributed by atoms with Gasteiger partial charge < -0.3 is 40.1 Å². The molecule has 0 unspecified atom stereocenters. The van der Waals surface area contributed by atoms with Gasteiger partial charge in [0.1, 0.15) is 24.4 Å². The molecule has 5 aliphatic rings. The van der Waals surface area contributed by atoms with Gasteiger partial charge in [0.05, 0.1) is 18.1 Å². The van der Waals surface area contributed by atoms with Gasteiger partial charge in [-0.25, -0.2) is 0 Å². The van der Waals surface area contributed by atoms with E-state index < -0.39 is 60.2 Å². The molecular weight excluding hydrogens is 456 g/mol. The minimum Gasteiger partial charge on any atom is -0.481 e. The van der Waals surface area contributed by atoms with E-state index in [0.717, 1.165) is 38.5 Å². The summed E-state index contributed by atoms with van der Waals surface area (Å²) < 4.78 is 12.2. The molecule has 200 valence electrons. The van der Waals surface area contributed by atoms with Crippen LogP contribution in [0.2, 0.25) is 0 Å². The van der Waals surface area contributed by atoms with Crippen molar-refractivity contribution in [3.8, 4) is 0 Å². The first-order chi connectivity index (χ1) is 16.5. The Hall–Kier alpha value is -0.810. The normalized spacial score (nSPS) is 55.7. The fourth-order valence-corrected chi connectivity index (χ4v) is 9.50. The van der Waals surface area contributed by atoms with Gasteiger partial charge in [-0.2, -0.15) is 0 Å². The fraction of sp³-hybridized carbons (Fsp3) is 0.962. The fourth-order valence-electron chi connectivity index (χ4n) is 9.50. The average Bonchev–Trinajstić information content (AvgIpc) is 3.10. The minimum absolute atomic E-state index is 0.0509. The Labute approximate surface area is 206 Å². The molecule has 4 aliphatic carbocycles. The van der Waals surface area contributed by atoms with E-state index in [0.29, 0.717) is 24.7 Å². The van der Waals surface area contributed by atoms with Gasteiger partial charge in [0.15, 0.2) is 6.29 Å². The number of ether oxygens (including phenoxy) is 2. The third-order valence-corrected chi connectivity index (χ3v) is 11.3. The van der Waals surface area contributed by atoms with Crippen molar-refractivity contribution in [1.29, 1.82) is 0 Å². The van der Waals surface area contributed by atoms with Gasteiger partial charge in [-0.3, -0.25) is 4.79 Å². The van der Waals surface area contributed by atoms with E-state index in [2.05, 4.69) is 6.92 Å². The van der Waals surface area contributed by atoms with Crippen LogP contribution in [0, 0.1) is 39.9 Å². The van der Waals surface area contributed by atoms with Gasteiger partial charge in [0.2, 0.25) is 0 Å². The highest BCUT2D eigenvalue weighted by atomic mass is 16.7. The largest absolute Gasteiger partial charge is 0.481 e. The first kappa shape index (κ1) is 25.8. The molecule has 2 bridgehead atoms. The molecule has 0 amide bonds. The van der Waals surface area contributed by atoms with Crippen LogP contribution in [0.4, 0.5) is 0 Å². The Morgan fingerprint density at radius 3 is 2.31 bits per heavy atom. The Kier molecular flexibility index (Phi) is 6.56. The third-order valence-electron chi connectivity index (χ3n) is 11.3. The van der Waals surface area contributed by atoms with Crippen LogP contribution in [0.1, 0.15) is 65.2 Å². The van der Waals surface area contributed by atoms with Crippen LogP contribution >= 0.6 is 0 Å². The van der Waals surface area contributed by atoms with E-state index in [1.165, 1.54) is 0 Å². The van der Waals surface area contributed by atoms with E-state index in [-0.39, 0.29) is 23.9 Å². The maximum atomic E-state index is 12.6. The molecule has 35 heavy (non-hydrogen) atoms. The van der Waals surface area contributed by atoms with Crippen molar-refractivity contribution in [2.45, 2.75) is 102 Å². The Bertz CT molecular complexity index is 821. The highest BCUT2D eigenvalue weighted by molar-refractivity contribution is 5.75. The van der Waals surface area contributed by atoms with Crippen LogP contribution in [0.3, 0.4) is 0 Å². The topological polar surface area (TPSA) is 157 Å². The Morgan fingerprint density at radius 2 is 1.66 bits per heavy atom. The highest BCUT2D eigenvalue weighted by Gasteiger charge is 2.69. The summed E-state index contributed by atoms with van der Waals surface area (Å²) in [5, 5.41) is 61.1. The van der Waals surface area contributed by atoms with E-state index in [1.54, 1.807) is 0 Å². The molecule has 1 spiro atoms. The summed E-state index contributed by atoms with van der Waals surface area (Å²) >= 11 is 0. The van der Waals surface area contributed by atoms with Crippen LogP contribution in [-0.4, -0.2) is 86.6 Å². The number of rotatable bonds is 5. The molecule has 6 N–H and O–H groups in total. The molecule has 1 saturated heterocycles. The van der Waals surface area contributed by atoms with Gasteiger partial charge >= 0.3 is 5.97 Å². The molecule has 9 nitrogen and oxygen atoms in total. The molecule has 1 heterocycles. The van der Waals surface area contributed by atoms with E-state index in [4.69, 9.17) is 9.47 Å². The molecule has 5 fully saturated rings. The number of aliphatic carboxylic acids is 1. The zero-order valence-corrected chi connectivity index (χ0v) is 20.8. The smallest absolute Gasteiger partial charge is 0.309 e. The van der Waals surface area contributed by atoms with Gasteiger partial charge in [-0.15, -0.1) is 0 Å². The molecule has 9 heteroatoms. The molecule has 0 radical (unpaired) electrons. The summed E-state index contributed by atoms with van der Waals surface area (Å²) in [6.45, 7) is 3.68. The lowest BCUT2D eigenvalue weighted by Crippen LogP contribution is -2.66. The summed E-state index contributed by atoms with van der Waals surface area (Å²) in [5.41, 5.74) is -1.34. The second kappa shape index (κ2) is 8.89. The lowest BCUT2D eigenvalue weighted by molar-refractivity contribution is -0.336. The quantitative estimate of drug-likeness (QED) is 0.324. The van der Waals surface area contributed by atoms with Crippen LogP contribution < -0.4 is 0 Å². The highest BCUT2D eigenvalue weighted by Crippen LogP contribution is 2.72. The molecule has 0 aromatic carbocycles. The standard InChI is InChI=1S/C26H42O9/c1-24(23(32)33)7-6-18(35-22-21(31)20(30)19(29)15(12-28)34-22)25(2)16(24)5-8-26-9-13(3-4-17(25)26)14(10-26)11-27/h13-22,27-31H,3-12H2,1-2H3,(H,32,33)/t13-,14-,15-,16-,17+,18+,19-,20+,21-,22+,24-,25-,26+/m1/s1. The maximum Gasteiger partial charge on any atom is 0.309 e. The summed E-state index contributed by atoms with van der Waals surface area (Å²) in [7, 11) is 0. The molecular formula is C26H42O9. The molecule has 13 atom stereocenters. The monoisotopic (exact) mass is 498 g/mol. The zero-order chi connectivity index (χ0) is 25.3. The number of carbonyl (C=O) groups is 1. The number of carboxylic acid groups (broad SMARTS) is 1. The predicted molar refractivity (Wildman–Crippen MR) is 123 cm³/mol. The number of aliphatic hydroxyl groups is 5. The minimum atomic E-state index is -1.52. The molecule has 0 aromatic heterocycles. The first-order valence-corrected chi connectivity index (χ1v) is 13.3. The maximum absolute atomic E-state index is 12.6. The SMILES string of the molecule is C[C@@]12[C@@H](O[C@@H]3O[C@H](CO)[C@@H](O)[C@H](O)[C@H]3O)CC[C@@](C)(C(=O)O)[C@H]1CC[C@@]13C[C@@H](CC[C@H]12)[C@@H](CO)C3.